The highest BCUT2D eigenvalue weighted by atomic mass is 32.2. The number of sulfonamides is 1. The predicted molar refractivity (Wildman–Crippen MR) is 102 cm³/mol. The van der Waals surface area contributed by atoms with Crippen molar-refractivity contribution in [2.75, 3.05) is 5.32 Å². The maximum atomic E-state index is 12.8. The molecular formula is C19H19N3O3S. The minimum atomic E-state index is -3.86. The Kier molecular flexibility index (Phi) is 4.52. The lowest BCUT2D eigenvalue weighted by molar-refractivity contribution is 0.102. The summed E-state index contributed by atoms with van der Waals surface area (Å²) in [5.41, 5.74) is 3.83. The molecule has 6 nitrogen and oxygen atoms in total. The van der Waals surface area contributed by atoms with Crippen LogP contribution >= 0.6 is 0 Å². The van der Waals surface area contributed by atoms with E-state index in [4.69, 9.17) is 5.14 Å². The zero-order chi connectivity index (χ0) is 19.1. The molecule has 3 aromatic rings. The van der Waals surface area contributed by atoms with Crippen LogP contribution in [0.3, 0.4) is 0 Å². The first-order valence-electron chi connectivity index (χ1n) is 7.98. The summed E-state index contributed by atoms with van der Waals surface area (Å²) >= 11 is 0. The molecule has 1 amide bonds. The summed E-state index contributed by atoms with van der Waals surface area (Å²) in [4.78, 5) is 17.3. The average molecular weight is 369 g/mol. The number of aromatic nitrogens is 1. The van der Waals surface area contributed by atoms with Crippen LogP contribution in [0.1, 0.15) is 27.2 Å². The van der Waals surface area contributed by atoms with E-state index in [1.165, 1.54) is 6.07 Å². The lowest BCUT2D eigenvalue weighted by atomic mass is 10.0. The van der Waals surface area contributed by atoms with Crippen LogP contribution in [-0.4, -0.2) is 19.3 Å². The molecule has 26 heavy (non-hydrogen) atoms. The Labute approximate surface area is 152 Å². The van der Waals surface area contributed by atoms with Gasteiger partial charge >= 0.3 is 0 Å². The van der Waals surface area contributed by atoms with Crippen molar-refractivity contribution in [2.45, 2.75) is 25.7 Å². The van der Waals surface area contributed by atoms with Gasteiger partial charge < -0.3 is 5.32 Å². The number of amides is 1. The van der Waals surface area contributed by atoms with Crippen molar-refractivity contribution < 1.29 is 13.2 Å². The first-order chi connectivity index (χ1) is 12.1. The van der Waals surface area contributed by atoms with Crippen molar-refractivity contribution in [1.82, 2.24) is 4.98 Å². The topological polar surface area (TPSA) is 102 Å². The number of hydrogen-bond donors (Lipinski definition) is 2. The third kappa shape index (κ3) is 3.58. The maximum Gasteiger partial charge on any atom is 0.256 e. The average Bonchev–Trinajstić information content (AvgIpc) is 2.55. The van der Waals surface area contributed by atoms with Crippen molar-refractivity contribution in [3.8, 4) is 0 Å². The van der Waals surface area contributed by atoms with Crippen LogP contribution < -0.4 is 10.5 Å². The number of fused-ring (bicyclic) bond motifs is 1. The van der Waals surface area contributed by atoms with Crippen molar-refractivity contribution in [2.24, 2.45) is 5.14 Å². The van der Waals surface area contributed by atoms with Crippen LogP contribution in [-0.2, 0) is 10.0 Å². The molecule has 7 heteroatoms. The number of primary sulfonamides is 1. The van der Waals surface area contributed by atoms with Crippen molar-refractivity contribution in [3.63, 3.8) is 0 Å². The van der Waals surface area contributed by atoms with Gasteiger partial charge in [-0.25, -0.2) is 13.6 Å². The number of benzene rings is 2. The molecule has 0 radical (unpaired) electrons. The number of rotatable bonds is 3. The molecule has 0 saturated carbocycles. The molecule has 0 saturated heterocycles. The molecule has 1 heterocycles. The molecule has 0 aliphatic carbocycles. The van der Waals surface area contributed by atoms with Crippen molar-refractivity contribution >= 4 is 32.5 Å². The third-order valence-corrected chi connectivity index (χ3v) is 5.14. The normalized spacial score (nSPS) is 11.5. The fraction of sp³-hybridized carbons (Fsp3) is 0.158. The Morgan fingerprint density at radius 1 is 1.04 bits per heavy atom. The van der Waals surface area contributed by atoms with Gasteiger partial charge in [0.2, 0.25) is 10.0 Å². The first-order valence-corrected chi connectivity index (χ1v) is 9.52. The molecule has 0 aliphatic rings. The van der Waals surface area contributed by atoms with Crippen LogP contribution in [0.15, 0.2) is 47.4 Å². The van der Waals surface area contributed by atoms with E-state index in [-0.39, 0.29) is 10.8 Å². The highest BCUT2D eigenvalue weighted by Crippen LogP contribution is 2.23. The van der Waals surface area contributed by atoms with Crippen LogP contribution in [0, 0.1) is 20.8 Å². The van der Waals surface area contributed by atoms with Crippen LogP contribution in [0.2, 0.25) is 0 Å². The molecule has 0 bridgehead atoms. The summed E-state index contributed by atoms with van der Waals surface area (Å²) in [7, 11) is -3.86. The second-order valence-electron chi connectivity index (χ2n) is 6.31. The Morgan fingerprint density at radius 3 is 2.46 bits per heavy atom. The third-order valence-electron chi connectivity index (χ3n) is 4.09. The Balaban J connectivity index is 2.04. The molecule has 2 aromatic carbocycles. The SMILES string of the molecule is Cc1ccc2nc(C)cc(C(=O)Nc3ccc(C)c(S(N)(=O)=O)c3)c2c1. The van der Waals surface area contributed by atoms with Crippen molar-refractivity contribution in [1.29, 1.82) is 0 Å². The van der Waals surface area contributed by atoms with E-state index in [2.05, 4.69) is 10.3 Å². The van der Waals surface area contributed by atoms with E-state index in [1.54, 1.807) is 25.1 Å². The summed E-state index contributed by atoms with van der Waals surface area (Å²) in [6.45, 7) is 5.41. The lowest BCUT2D eigenvalue weighted by Crippen LogP contribution is -2.16. The van der Waals surface area contributed by atoms with Gasteiger partial charge in [0.1, 0.15) is 0 Å². The van der Waals surface area contributed by atoms with Gasteiger partial charge in [0, 0.05) is 16.8 Å². The van der Waals surface area contributed by atoms with E-state index >= 15 is 0 Å². The number of nitrogens with zero attached hydrogens (tertiary/aromatic N) is 1. The molecule has 1 aromatic heterocycles. The van der Waals surface area contributed by atoms with Gasteiger partial charge in [-0.3, -0.25) is 9.78 Å². The smallest absolute Gasteiger partial charge is 0.256 e. The van der Waals surface area contributed by atoms with Gasteiger partial charge in [0.25, 0.3) is 5.91 Å². The van der Waals surface area contributed by atoms with Crippen LogP contribution in [0.25, 0.3) is 10.9 Å². The molecule has 0 fully saturated rings. The quantitative estimate of drug-likeness (QED) is 0.740. The van der Waals surface area contributed by atoms with Gasteiger partial charge in [-0.1, -0.05) is 17.7 Å². The van der Waals surface area contributed by atoms with E-state index in [0.717, 1.165) is 22.2 Å². The second-order valence-corrected chi connectivity index (χ2v) is 7.84. The first kappa shape index (κ1) is 18.0. The fourth-order valence-electron chi connectivity index (χ4n) is 2.84. The molecule has 0 aliphatic heterocycles. The van der Waals surface area contributed by atoms with Crippen LogP contribution in [0.5, 0.6) is 0 Å². The van der Waals surface area contributed by atoms with E-state index in [9.17, 15) is 13.2 Å². The fourth-order valence-corrected chi connectivity index (χ4v) is 3.65. The van der Waals surface area contributed by atoms with E-state index in [1.807, 2.05) is 32.0 Å². The van der Waals surface area contributed by atoms with Crippen molar-refractivity contribution in [3.05, 3.63) is 64.8 Å². The Hall–Kier alpha value is -2.77. The zero-order valence-electron chi connectivity index (χ0n) is 14.7. The second kappa shape index (κ2) is 6.51. The molecule has 134 valence electrons. The largest absolute Gasteiger partial charge is 0.322 e. The van der Waals surface area contributed by atoms with Crippen LogP contribution in [0.4, 0.5) is 5.69 Å². The minimum Gasteiger partial charge on any atom is -0.322 e. The molecule has 0 atom stereocenters. The molecular weight excluding hydrogens is 350 g/mol. The van der Waals surface area contributed by atoms with Gasteiger partial charge in [-0.05, 0) is 56.7 Å². The summed E-state index contributed by atoms with van der Waals surface area (Å²) < 4.78 is 23.4. The van der Waals surface area contributed by atoms with Gasteiger partial charge in [-0.15, -0.1) is 0 Å². The molecule has 3 rings (SSSR count). The molecule has 3 N–H and O–H groups in total. The maximum absolute atomic E-state index is 12.8. The summed E-state index contributed by atoms with van der Waals surface area (Å²) in [6, 6.07) is 12.0. The lowest BCUT2D eigenvalue weighted by Gasteiger charge is -2.11. The number of nitrogens with two attached hydrogens (primary N) is 1. The highest BCUT2D eigenvalue weighted by Gasteiger charge is 2.16. The number of hydrogen-bond acceptors (Lipinski definition) is 4. The summed E-state index contributed by atoms with van der Waals surface area (Å²) in [6.07, 6.45) is 0. The number of carbonyl (C=O) groups excluding carboxylic acids is 1. The van der Waals surface area contributed by atoms with Gasteiger partial charge in [0.15, 0.2) is 0 Å². The van der Waals surface area contributed by atoms with Gasteiger partial charge in [-0.2, -0.15) is 0 Å². The summed E-state index contributed by atoms with van der Waals surface area (Å²) in [5.74, 6) is -0.338. The molecule has 0 spiro atoms. The monoisotopic (exact) mass is 369 g/mol. The number of nitrogens with one attached hydrogen (secondary N) is 1. The van der Waals surface area contributed by atoms with E-state index in [0.29, 0.717) is 16.8 Å². The Bertz CT molecular complexity index is 1140. The highest BCUT2D eigenvalue weighted by molar-refractivity contribution is 7.89. The molecule has 0 unspecified atom stereocenters. The Morgan fingerprint density at radius 2 is 1.77 bits per heavy atom. The zero-order valence-corrected chi connectivity index (χ0v) is 15.5. The number of carbonyl (C=O) groups is 1. The minimum absolute atomic E-state index is 0.0121. The number of anilines is 1. The standard InChI is InChI=1S/C19H19N3O3S/c1-11-4-7-17-15(8-11)16(9-13(3)21-17)19(23)22-14-6-5-12(2)18(10-14)26(20,24)25/h4-10H,1-3H3,(H,22,23)(H2,20,24,25). The van der Waals surface area contributed by atoms with Gasteiger partial charge in [0.05, 0.1) is 16.0 Å². The predicted octanol–water partition coefficient (Wildman–Crippen LogP) is 3.06. The summed E-state index contributed by atoms with van der Waals surface area (Å²) in [5, 5.41) is 8.72. The number of aryl methyl sites for hydroxylation is 3. The van der Waals surface area contributed by atoms with E-state index < -0.39 is 10.0 Å². The number of pyridine rings is 1.